The molecule has 6 heteroatoms. The Morgan fingerprint density at radius 3 is 2.56 bits per heavy atom. The average Bonchev–Trinajstić information content (AvgIpc) is 2.31. The van der Waals surface area contributed by atoms with E-state index in [1.807, 2.05) is 0 Å². The lowest BCUT2D eigenvalue weighted by Crippen LogP contribution is -2.00. The van der Waals surface area contributed by atoms with Crippen LogP contribution in [0.15, 0.2) is 30.3 Å². The Kier molecular flexibility index (Phi) is 3.25. The Bertz CT molecular complexity index is 631. The van der Waals surface area contributed by atoms with Gasteiger partial charge in [-0.2, -0.15) is 0 Å². The lowest BCUT2D eigenvalue weighted by molar-refractivity contribution is 0.0696. The van der Waals surface area contributed by atoms with Crippen molar-refractivity contribution in [2.75, 3.05) is 0 Å². The predicted octanol–water partition coefficient (Wildman–Crippen LogP) is 3.38. The van der Waals surface area contributed by atoms with Crippen LogP contribution in [0.25, 0.3) is 11.3 Å². The maximum atomic E-state index is 13.5. The first-order valence-corrected chi connectivity index (χ1v) is 5.22. The van der Waals surface area contributed by atoms with Gasteiger partial charge in [-0.3, -0.25) is 0 Å². The fourth-order valence-corrected chi connectivity index (χ4v) is 1.67. The van der Waals surface area contributed by atoms with Gasteiger partial charge in [-0.25, -0.2) is 18.6 Å². The van der Waals surface area contributed by atoms with Gasteiger partial charge in [-0.1, -0.05) is 11.6 Å². The molecule has 3 nitrogen and oxygen atoms in total. The van der Waals surface area contributed by atoms with Gasteiger partial charge in [0.2, 0.25) is 0 Å². The maximum absolute atomic E-state index is 13.5. The number of aromatic nitrogens is 1. The number of benzene rings is 1. The number of carboxylic acids is 1. The van der Waals surface area contributed by atoms with Crippen molar-refractivity contribution in [1.29, 1.82) is 0 Å². The molecule has 0 aliphatic rings. The molecule has 0 radical (unpaired) electrons. The highest BCUT2D eigenvalue weighted by atomic mass is 35.5. The highest BCUT2D eigenvalue weighted by Crippen LogP contribution is 2.25. The van der Waals surface area contributed by atoms with Crippen molar-refractivity contribution < 1.29 is 18.7 Å². The molecule has 2 aromatic rings. The van der Waals surface area contributed by atoms with Crippen LogP contribution in [0.5, 0.6) is 0 Å². The van der Waals surface area contributed by atoms with Crippen LogP contribution in [0, 0.1) is 11.6 Å². The summed E-state index contributed by atoms with van der Waals surface area (Å²) in [4.78, 5) is 14.5. The van der Waals surface area contributed by atoms with Gasteiger partial charge in [0, 0.05) is 5.56 Å². The Morgan fingerprint density at radius 2 is 1.94 bits per heavy atom. The first kappa shape index (κ1) is 12.4. The fourth-order valence-electron chi connectivity index (χ4n) is 1.44. The molecule has 0 bridgehead atoms. The van der Waals surface area contributed by atoms with Crippen molar-refractivity contribution in [3.8, 4) is 11.3 Å². The minimum Gasteiger partial charge on any atom is -0.478 e. The van der Waals surface area contributed by atoms with E-state index in [0.29, 0.717) is 0 Å². The van der Waals surface area contributed by atoms with Crippen molar-refractivity contribution in [1.82, 2.24) is 4.98 Å². The Labute approximate surface area is 106 Å². The van der Waals surface area contributed by atoms with Crippen molar-refractivity contribution in [3.63, 3.8) is 0 Å². The molecule has 1 aromatic carbocycles. The Balaban J connectivity index is 2.55. The zero-order valence-electron chi connectivity index (χ0n) is 8.82. The number of hydrogen-bond acceptors (Lipinski definition) is 2. The first-order valence-electron chi connectivity index (χ1n) is 4.84. The number of halogens is 3. The van der Waals surface area contributed by atoms with Gasteiger partial charge in [0.1, 0.15) is 16.8 Å². The maximum Gasteiger partial charge on any atom is 0.338 e. The van der Waals surface area contributed by atoms with Crippen molar-refractivity contribution >= 4 is 17.6 Å². The summed E-state index contributed by atoms with van der Waals surface area (Å²) in [5, 5.41) is 8.49. The van der Waals surface area contributed by atoms with Crippen LogP contribution >= 0.6 is 11.6 Å². The third-order valence-electron chi connectivity index (χ3n) is 2.28. The molecular formula is C12H6ClF2NO2. The second kappa shape index (κ2) is 4.70. The lowest BCUT2D eigenvalue weighted by Gasteiger charge is -2.05. The molecule has 0 amide bonds. The molecule has 1 N–H and O–H groups in total. The molecular weight excluding hydrogens is 264 g/mol. The van der Waals surface area contributed by atoms with Crippen LogP contribution in [0.1, 0.15) is 10.4 Å². The highest BCUT2D eigenvalue weighted by molar-refractivity contribution is 6.32. The van der Waals surface area contributed by atoms with Gasteiger partial charge in [0.15, 0.2) is 0 Å². The van der Waals surface area contributed by atoms with Crippen LogP contribution < -0.4 is 0 Å². The minimum atomic E-state index is -1.24. The van der Waals surface area contributed by atoms with E-state index < -0.39 is 17.6 Å². The number of hydrogen-bond donors (Lipinski definition) is 1. The Morgan fingerprint density at radius 1 is 1.22 bits per heavy atom. The van der Waals surface area contributed by atoms with Crippen LogP contribution in [0.4, 0.5) is 8.78 Å². The lowest BCUT2D eigenvalue weighted by atomic mass is 10.1. The van der Waals surface area contributed by atoms with Gasteiger partial charge < -0.3 is 5.11 Å². The summed E-state index contributed by atoms with van der Waals surface area (Å²) in [6, 6.07) is 5.37. The molecule has 1 aromatic heterocycles. The average molecular weight is 270 g/mol. The van der Waals surface area contributed by atoms with Crippen LogP contribution in [-0.4, -0.2) is 16.1 Å². The molecule has 0 saturated heterocycles. The molecule has 1 heterocycles. The van der Waals surface area contributed by atoms with Crippen LogP contribution in [0.3, 0.4) is 0 Å². The standard InChI is InChI=1S/C12H6ClF2NO2/c13-11-7(12(17)18)2-4-10(16-11)8-5-6(14)1-3-9(8)15/h1-5H,(H,17,18). The van der Waals surface area contributed by atoms with E-state index in [1.165, 1.54) is 12.1 Å². The van der Waals surface area contributed by atoms with E-state index in [1.54, 1.807) is 0 Å². The second-order valence-electron chi connectivity index (χ2n) is 3.46. The highest BCUT2D eigenvalue weighted by Gasteiger charge is 2.13. The van der Waals surface area contributed by atoms with Gasteiger partial charge in [0.25, 0.3) is 0 Å². The monoisotopic (exact) mass is 269 g/mol. The van der Waals surface area contributed by atoms with Crippen molar-refractivity contribution in [2.45, 2.75) is 0 Å². The smallest absolute Gasteiger partial charge is 0.338 e. The SMILES string of the molecule is O=C(O)c1ccc(-c2cc(F)ccc2F)nc1Cl. The van der Waals surface area contributed by atoms with Gasteiger partial charge in [0.05, 0.1) is 11.3 Å². The molecule has 18 heavy (non-hydrogen) atoms. The van der Waals surface area contributed by atoms with Gasteiger partial charge in [-0.05, 0) is 30.3 Å². The van der Waals surface area contributed by atoms with E-state index in [2.05, 4.69) is 4.98 Å². The number of rotatable bonds is 2. The zero-order chi connectivity index (χ0) is 13.3. The molecule has 0 saturated carbocycles. The van der Waals surface area contributed by atoms with Crippen LogP contribution in [-0.2, 0) is 0 Å². The van der Waals surface area contributed by atoms with Crippen molar-refractivity contribution in [3.05, 3.63) is 52.7 Å². The Hall–Kier alpha value is -2.01. The topological polar surface area (TPSA) is 50.2 Å². The molecule has 0 atom stereocenters. The summed E-state index contributed by atoms with van der Waals surface area (Å²) < 4.78 is 26.5. The number of carboxylic acid groups (broad SMARTS) is 1. The molecule has 0 aliphatic carbocycles. The van der Waals surface area contributed by atoms with E-state index in [4.69, 9.17) is 16.7 Å². The van der Waals surface area contributed by atoms with Gasteiger partial charge >= 0.3 is 5.97 Å². The number of carbonyl (C=O) groups is 1. The quantitative estimate of drug-likeness (QED) is 0.850. The molecule has 92 valence electrons. The van der Waals surface area contributed by atoms with Gasteiger partial charge in [-0.15, -0.1) is 0 Å². The number of pyridine rings is 1. The predicted molar refractivity (Wildman–Crippen MR) is 61.6 cm³/mol. The summed E-state index contributed by atoms with van der Waals surface area (Å²) >= 11 is 5.66. The third kappa shape index (κ3) is 2.31. The summed E-state index contributed by atoms with van der Waals surface area (Å²) in [5.74, 6) is -2.52. The molecule has 0 unspecified atom stereocenters. The molecule has 2 rings (SSSR count). The largest absolute Gasteiger partial charge is 0.478 e. The summed E-state index contributed by atoms with van der Waals surface area (Å²) in [6.07, 6.45) is 0. The van der Waals surface area contributed by atoms with E-state index in [9.17, 15) is 13.6 Å². The second-order valence-corrected chi connectivity index (χ2v) is 3.82. The summed E-state index contributed by atoms with van der Waals surface area (Å²) in [5.41, 5.74) is -0.201. The van der Waals surface area contributed by atoms with E-state index >= 15 is 0 Å². The molecule has 0 fully saturated rings. The molecule has 0 spiro atoms. The summed E-state index contributed by atoms with van der Waals surface area (Å²) in [6.45, 7) is 0. The van der Waals surface area contributed by atoms with Crippen LogP contribution in [0.2, 0.25) is 5.15 Å². The van der Waals surface area contributed by atoms with Crippen molar-refractivity contribution in [2.24, 2.45) is 0 Å². The number of nitrogens with zero attached hydrogens (tertiary/aromatic N) is 1. The first-order chi connectivity index (χ1) is 8.49. The normalized spacial score (nSPS) is 10.4. The minimum absolute atomic E-state index is 0.0713. The number of aromatic carboxylic acids is 1. The van der Waals surface area contributed by atoms with E-state index in [0.717, 1.165) is 18.2 Å². The third-order valence-corrected chi connectivity index (χ3v) is 2.57. The fraction of sp³-hybridized carbons (Fsp3) is 0. The zero-order valence-corrected chi connectivity index (χ0v) is 9.58. The van der Waals surface area contributed by atoms with E-state index in [-0.39, 0.29) is 22.0 Å². The summed E-state index contributed by atoms with van der Waals surface area (Å²) in [7, 11) is 0. The molecule has 0 aliphatic heterocycles.